The van der Waals surface area contributed by atoms with Crippen LogP contribution in [0, 0.1) is 5.92 Å². The summed E-state index contributed by atoms with van der Waals surface area (Å²) in [6.45, 7) is 2.35. The highest BCUT2D eigenvalue weighted by molar-refractivity contribution is 4.84. The Morgan fingerprint density at radius 1 is 1.20 bits per heavy atom. The van der Waals surface area contributed by atoms with Gasteiger partial charge in [-0.3, -0.25) is 5.32 Å². The van der Waals surface area contributed by atoms with Crippen LogP contribution >= 0.6 is 0 Å². The van der Waals surface area contributed by atoms with Crippen molar-refractivity contribution < 1.29 is 15.3 Å². The van der Waals surface area contributed by atoms with Gasteiger partial charge in [-0.2, -0.15) is 0 Å². The van der Waals surface area contributed by atoms with Gasteiger partial charge in [0.2, 0.25) is 0 Å². The van der Waals surface area contributed by atoms with Gasteiger partial charge in [-0.1, -0.05) is 6.92 Å². The van der Waals surface area contributed by atoms with Gasteiger partial charge in [0, 0.05) is 6.54 Å². The Morgan fingerprint density at radius 3 is 2.30 bits per heavy atom. The molecule has 1 aliphatic rings. The van der Waals surface area contributed by atoms with Gasteiger partial charge in [0.25, 0.3) is 0 Å². The van der Waals surface area contributed by atoms with Crippen LogP contribution in [0.3, 0.4) is 0 Å². The smallest absolute Gasteiger partial charge is 0.133 e. The van der Waals surface area contributed by atoms with E-state index >= 15 is 0 Å². The van der Waals surface area contributed by atoms with Gasteiger partial charge >= 0.3 is 0 Å². The normalized spacial score (nSPS) is 49.2. The number of hydrogen-bond acceptors (Lipinski definition) is 4. The molecule has 0 aliphatic carbocycles. The minimum absolute atomic E-state index is 0.00148. The Hall–Kier alpha value is -0.160. The van der Waals surface area contributed by atoms with E-state index < -0.39 is 18.4 Å². The molecule has 1 saturated heterocycles. The fraction of sp³-hybridized carbons (Fsp3) is 1.00. The number of rotatable bonds is 0. The summed E-state index contributed by atoms with van der Waals surface area (Å²) in [6.07, 6.45) is -2.84. The average Bonchev–Trinajstić information content (AvgIpc) is 1.93. The molecule has 0 spiro atoms. The van der Waals surface area contributed by atoms with Crippen LogP contribution in [0.1, 0.15) is 6.92 Å². The summed E-state index contributed by atoms with van der Waals surface area (Å²) in [7, 11) is 0. The van der Waals surface area contributed by atoms with Gasteiger partial charge in [-0.25, -0.2) is 0 Å². The molecule has 4 atom stereocenters. The number of hydrogen-bond donors (Lipinski definition) is 4. The molecule has 4 nitrogen and oxygen atoms in total. The van der Waals surface area contributed by atoms with Crippen molar-refractivity contribution in [3.05, 3.63) is 0 Å². The largest absolute Gasteiger partial charge is 0.390 e. The van der Waals surface area contributed by atoms with Gasteiger partial charge in [-0.15, -0.1) is 0 Å². The van der Waals surface area contributed by atoms with Gasteiger partial charge < -0.3 is 15.3 Å². The van der Waals surface area contributed by atoms with Crippen molar-refractivity contribution in [3.63, 3.8) is 0 Å². The number of aliphatic hydroxyl groups excluding tert-OH is 3. The van der Waals surface area contributed by atoms with Gasteiger partial charge in [0.05, 0.1) is 6.10 Å². The maximum atomic E-state index is 9.17. The quantitative estimate of drug-likeness (QED) is 0.328. The van der Waals surface area contributed by atoms with Crippen molar-refractivity contribution >= 4 is 0 Å². The summed E-state index contributed by atoms with van der Waals surface area (Å²) in [5.41, 5.74) is 0. The monoisotopic (exact) mass is 147 g/mol. The zero-order valence-corrected chi connectivity index (χ0v) is 5.86. The zero-order valence-electron chi connectivity index (χ0n) is 5.86. The van der Waals surface area contributed by atoms with Crippen molar-refractivity contribution in [1.82, 2.24) is 5.32 Å². The van der Waals surface area contributed by atoms with Crippen LogP contribution in [0.15, 0.2) is 0 Å². The molecule has 60 valence electrons. The first-order chi connectivity index (χ1) is 4.63. The lowest BCUT2D eigenvalue weighted by atomic mass is 9.95. The molecule has 0 aromatic rings. The molecular formula is C6H13NO3. The number of nitrogens with one attached hydrogen (secondary N) is 1. The molecule has 0 aromatic heterocycles. The minimum Gasteiger partial charge on any atom is -0.390 e. The Kier molecular flexibility index (Phi) is 2.25. The maximum Gasteiger partial charge on any atom is 0.133 e. The van der Waals surface area contributed by atoms with Crippen molar-refractivity contribution in [2.24, 2.45) is 5.92 Å². The molecule has 0 saturated carbocycles. The lowest BCUT2D eigenvalue weighted by molar-refractivity contribution is -0.113. The second-order valence-electron chi connectivity index (χ2n) is 2.81. The van der Waals surface area contributed by atoms with Crippen LogP contribution in [0.2, 0.25) is 0 Å². The molecule has 1 unspecified atom stereocenters. The van der Waals surface area contributed by atoms with E-state index in [0.29, 0.717) is 6.54 Å². The highest BCUT2D eigenvalue weighted by Crippen LogP contribution is 2.13. The predicted octanol–water partition coefficient (Wildman–Crippen LogP) is -1.73. The van der Waals surface area contributed by atoms with E-state index in [9.17, 15) is 0 Å². The summed E-state index contributed by atoms with van der Waals surface area (Å²) in [5, 5.41) is 29.8. The van der Waals surface area contributed by atoms with E-state index in [2.05, 4.69) is 5.32 Å². The SMILES string of the molecule is C[C@@H]1CNC(O)[C@H](O)[C@@H]1O. The van der Waals surface area contributed by atoms with E-state index in [1.807, 2.05) is 6.92 Å². The highest BCUT2D eigenvalue weighted by atomic mass is 16.4. The lowest BCUT2D eigenvalue weighted by Crippen LogP contribution is -2.56. The first-order valence-corrected chi connectivity index (χ1v) is 3.40. The summed E-state index contributed by atoms with van der Waals surface area (Å²) >= 11 is 0. The predicted molar refractivity (Wildman–Crippen MR) is 35.2 cm³/mol. The first-order valence-electron chi connectivity index (χ1n) is 3.40. The third-order valence-corrected chi connectivity index (χ3v) is 1.91. The van der Waals surface area contributed by atoms with Crippen LogP contribution in [-0.2, 0) is 0 Å². The molecule has 0 bridgehead atoms. The molecule has 4 N–H and O–H groups in total. The molecule has 1 heterocycles. The standard InChI is InChI=1S/C6H13NO3/c1-3-2-7-6(10)5(9)4(3)8/h3-10H,2H2,1H3/t3-,4-,5-,6?/m1/s1. The Morgan fingerprint density at radius 2 is 1.80 bits per heavy atom. The van der Waals surface area contributed by atoms with Crippen molar-refractivity contribution in [2.45, 2.75) is 25.4 Å². The molecular weight excluding hydrogens is 134 g/mol. The summed E-state index contributed by atoms with van der Waals surface area (Å²) in [6, 6.07) is 0. The summed E-state index contributed by atoms with van der Waals surface area (Å²) in [4.78, 5) is 0. The van der Waals surface area contributed by atoms with E-state index in [-0.39, 0.29) is 5.92 Å². The van der Waals surface area contributed by atoms with Gasteiger partial charge in [0.1, 0.15) is 12.3 Å². The third kappa shape index (κ3) is 1.29. The Labute approximate surface area is 59.5 Å². The van der Waals surface area contributed by atoms with Crippen molar-refractivity contribution in [1.29, 1.82) is 0 Å². The van der Waals surface area contributed by atoms with Gasteiger partial charge in [-0.05, 0) is 5.92 Å². The topological polar surface area (TPSA) is 72.7 Å². The molecule has 1 fully saturated rings. The molecule has 0 radical (unpaired) electrons. The number of piperidine rings is 1. The molecule has 0 amide bonds. The molecule has 10 heavy (non-hydrogen) atoms. The number of aliphatic hydroxyl groups is 3. The molecule has 1 rings (SSSR count). The average molecular weight is 147 g/mol. The van der Waals surface area contributed by atoms with Crippen LogP contribution < -0.4 is 5.32 Å². The zero-order chi connectivity index (χ0) is 7.72. The Balaban J connectivity index is 2.52. The first kappa shape index (κ1) is 7.94. The van der Waals surface area contributed by atoms with E-state index in [1.54, 1.807) is 0 Å². The second-order valence-corrected chi connectivity index (χ2v) is 2.81. The van der Waals surface area contributed by atoms with Crippen molar-refractivity contribution in [3.8, 4) is 0 Å². The van der Waals surface area contributed by atoms with Crippen LogP contribution in [0.4, 0.5) is 0 Å². The highest BCUT2D eigenvalue weighted by Gasteiger charge is 2.33. The van der Waals surface area contributed by atoms with E-state index in [4.69, 9.17) is 15.3 Å². The lowest BCUT2D eigenvalue weighted by Gasteiger charge is -2.33. The van der Waals surface area contributed by atoms with Gasteiger partial charge in [0.15, 0.2) is 0 Å². The fourth-order valence-corrected chi connectivity index (χ4v) is 1.07. The van der Waals surface area contributed by atoms with E-state index in [0.717, 1.165) is 0 Å². The van der Waals surface area contributed by atoms with Crippen molar-refractivity contribution in [2.75, 3.05) is 6.54 Å². The van der Waals surface area contributed by atoms with Crippen LogP contribution in [0.5, 0.6) is 0 Å². The summed E-state index contributed by atoms with van der Waals surface area (Å²) in [5.74, 6) is -0.00148. The molecule has 1 aliphatic heterocycles. The summed E-state index contributed by atoms with van der Waals surface area (Å²) < 4.78 is 0. The van der Waals surface area contributed by atoms with Crippen LogP contribution in [0.25, 0.3) is 0 Å². The molecule has 4 heteroatoms. The molecule has 0 aromatic carbocycles. The minimum atomic E-state index is -1.05. The second kappa shape index (κ2) is 2.84. The maximum absolute atomic E-state index is 9.17. The van der Waals surface area contributed by atoms with Crippen LogP contribution in [-0.4, -0.2) is 40.3 Å². The third-order valence-electron chi connectivity index (χ3n) is 1.91. The fourth-order valence-electron chi connectivity index (χ4n) is 1.07. The Bertz CT molecular complexity index is 106. The van der Waals surface area contributed by atoms with E-state index in [1.165, 1.54) is 0 Å².